The Balaban J connectivity index is 2.09. The van der Waals surface area contributed by atoms with Gasteiger partial charge in [0, 0.05) is 12.6 Å². The molecule has 1 aliphatic rings. The lowest BCUT2D eigenvalue weighted by Crippen LogP contribution is -2.51. The van der Waals surface area contributed by atoms with Gasteiger partial charge in [0.15, 0.2) is 9.84 Å². The van der Waals surface area contributed by atoms with Crippen molar-refractivity contribution in [3.63, 3.8) is 0 Å². The number of nitriles is 1. The van der Waals surface area contributed by atoms with Crippen molar-refractivity contribution >= 4 is 15.7 Å². The Morgan fingerprint density at radius 3 is 2.67 bits per heavy atom. The van der Waals surface area contributed by atoms with E-state index in [-0.39, 0.29) is 30.0 Å². The van der Waals surface area contributed by atoms with Gasteiger partial charge in [0.1, 0.15) is 5.92 Å². The summed E-state index contributed by atoms with van der Waals surface area (Å²) in [6.07, 6.45) is 0.353. The van der Waals surface area contributed by atoms with Crippen LogP contribution in [0.5, 0.6) is 0 Å². The van der Waals surface area contributed by atoms with Crippen molar-refractivity contribution in [3.05, 3.63) is 35.9 Å². The summed E-state index contributed by atoms with van der Waals surface area (Å²) >= 11 is 0. The Hall–Kier alpha value is -1.87. The molecular formula is C15H18N2O3S. The molecule has 21 heavy (non-hydrogen) atoms. The molecule has 1 aliphatic heterocycles. The maximum absolute atomic E-state index is 12.5. The molecule has 1 amide bonds. The molecule has 0 aliphatic carbocycles. The zero-order chi connectivity index (χ0) is 15.5. The third-order valence-corrected chi connectivity index (χ3v) is 5.48. The van der Waals surface area contributed by atoms with Gasteiger partial charge in [-0.1, -0.05) is 30.3 Å². The summed E-state index contributed by atoms with van der Waals surface area (Å²) in [5, 5.41) is 9.26. The summed E-state index contributed by atoms with van der Waals surface area (Å²) in [6, 6.07) is 11.0. The molecule has 1 saturated heterocycles. The van der Waals surface area contributed by atoms with Gasteiger partial charge in [0.25, 0.3) is 0 Å². The number of amides is 1. The smallest absolute Gasteiger partial charge is 0.240 e. The van der Waals surface area contributed by atoms with Crippen molar-refractivity contribution < 1.29 is 13.2 Å². The maximum atomic E-state index is 12.5. The predicted molar refractivity (Wildman–Crippen MR) is 79.1 cm³/mol. The van der Waals surface area contributed by atoms with E-state index >= 15 is 0 Å². The van der Waals surface area contributed by atoms with E-state index in [4.69, 9.17) is 0 Å². The van der Waals surface area contributed by atoms with E-state index in [2.05, 4.69) is 0 Å². The monoisotopic (exact) mass is 306 g/mol. The lowest BCUT2D eigenvalue weighted by atomic mass is 9.98. The van der Waals surface area contributed by atoms with E-state index in [0.29, 0.717) is 6.42 Å². The largest absolute Gasteiger partial charge is 0.337 e. The second kappa shape index (κ2) is 6.27. The number of benzene rings is 1. The molecular weight excluding hydrogens is 288 g/mol. The highest BCUT2D eigenvalue weighted by atomic mass is 32.2. The van der Waals surface area contributed by atoms with E-state index in [1.807, 2.05) is 36.4 Å². The minimum Gasteiger partial charge on any atom is -0.337 e. The first kappa shape index (κ1) is 15.5. The summed E-state index contributed by atoms with van der Waals surface area (Å²) in [4.78, 5) is 14.0. The molecule has 0 spiro atoms. The number of nitrogens with zero attached hydrogens (tertiary/aromatic N) is 2. The molecule has 6 heteroatoms. The van der Waals surface area contributed by atoms with Crippen molar-refractivity contribution in [1.29, 1.82) is 5.26 Å². The van der Waals surface area contributed by atoms with Crippen molar-refractivity contribution in [2.45, 2.75) is 19.4 Å². The van der Waals surface area contributed by atoms with Crippen LogP contribution in [0.1, 0.15) is 12.5 Å². The standard InChI is InChI=1S/C15H18N2O3S/c1-12-11-21(19,20)8-7-17(12)15(18)14(10-16)9-13-5-3-2-4-6-13/h2-6,12,14H,7-9,11H2,1H3. The van der Waals surface area contributed by atoms with Crippen molar-refractivity contribution in [2.75, 3.05) is 18.1 Å². The third-order valence-electron chi connectivity index (χ3n) is 3.69. The van der Waals surface area contributed by atoms with Gasteiger partial charge in [-0.15, -0.1) is 0 Å². The van der Waals surface area contributed by atoms with Crippen LogP contribution in [0.25, 0.3) is 0 Å². The highest BCUT2D eigenvalue weighted by Gasteiger charge is 2.34. The van der Waals surface area contributed by atoms with E-state index < -0.39 is 15.8 Å². The molecule has 112 valence electrons. The highest BCUT2D eigenvalue weighted by molar-refractivity contribution is 7.91. The summed E-state index contributed by atoms with van der Waals surface area (Å²) in [6.45, 7) is 1.89. The molecule has 1 fully saturated rings. The Kier molecular flexibility index (Phi) is 4.63. The van der Waals surface area contributed by atoms with Gasteiger partial charge in [0.2, 0.25) is 5.91 Å². The third kappa shape index (κ3) is 3.82. The van der Waals surface area contributed by atoms with Crippen LogP contribution in [0.4, 0.5) is 0 Å². The van der Waals surface area contributed by atoms with Crippen LogP contribution in [-0.2, 0) is 21.1 Å². The Bertz CT molecular complexity index is 649. The lowest BCUT2D eigenvalue weighted by molar-refractivity contribution is -0.135. The minimum absolute atomic E-state index is 0.0213. The Labute approximate surface area is 125 Å². The van der Waals surface area contributed by atoms with Crippen LogP contribution in [0.15, 0.2) is 30.3 Å². The number of hydrogen-bond acceptors (Lipinski definition) is 4. The van der Waals surface area contributed by atoms with Crippen LogP contribution in [-0.4, -0.2) is 43.3 Å². The van der Waals surface area contributed by atoms with Crippen molar-refractivity contribution in [1.82, 2.24) is 4.90 Å². The van der Waals surface area contributed by atoms with Gasteiger partial charge in [0.05, 0.1) is 17.6 Å². The van der Waals surface area contributed by atoms with Gasteiger partial charge in [-0.3, -0.25) is 4.79 Å². The van der Waals surface area contributed by atoms with Crippen molar-refractivity contribution in [3.8, 4) is 6.07 Å². The van der Waals surface area contributed by atoms with Crippen LogP contribution < -0.4 is 0 Å². The first-order valence-corrected chi connectivity index (χ1v) is 8.69. The van der Waals surface area contributed by atoms with Crippen molar-refractivity contribution in [2.24, 2.45) is 5.92 Å². The molecule has 2 rings (SSSR count). The zero-order valence-corrected chi connectivity index (χ0v) is 12.7. The number of hydrogen-bond donors (Lipinski definition) is 0. The molecule has 1 aromatic carbocycles. The van der Waals surface area contributed by atoms with Crippen LogP contribution in [0.2, 0.25) is 0 Å². The van der Waals surface area contributed by atoms with Gasteiger partial charge >= 0.3 is 0 Å². The number of rotatable bonds is 3. The normalized spacial score (nSPS) is 22.3. The van der Waals surface area contributed by atoms with Crippen LogP contribution in [0.3, 0.4) is 0 Å². The Morgan fingerprint density at radius 2 is 2.10 bits per heavy atom. The first-order valence-electron chi connectivity index (χ1n) is 6.87. The summed E-state index contributed by atoms with van der Waals surface area (Å²) in [7, 11) is -3.07. The minimum atomic E-state index is -3.07. The second-order valence-electron chi connectivity index (χ2n) is 5.37. The SMILES string of the molecule is CC1CS(=O)(=O)CCN1C(=O)C(C#N)Cc1ccccc1. The van der Waals surface area contributed by atoms with Gasteiger partial charge in [-0.25, -0.2) is 8.42 Å². The van der Waals surface area contributed by atoms with Crippen LogP contribution in [0, 0.1) is 17.2 Å². The maximum Gasteiger partial charge on any atom is 0.240 e. The highest BCUT2D eigenvalue weighted by Crippen LogP contribution is 2.17. The quantitative estimate of drug-likeness (QED) is 0.835. The molecule has 1 heterocycles. The topological polar surface area (TPSA) is 78.2 Å². The number of sulfone groups is 1. The molecule has 0 N–H and O–H groups in total. The number of carbonyl (C=O) groups excluding carboxylic acids is 1. The predicted octanol–water partition coefficient (Wildman–Crippen LogP) is 1.01. The fourth-order valence-corrected chi connectivity index (χ4v) is 4.12. The molecule has 0 aromatic heterocycles. The van der Waals surface area contributed by atoms with Crippen LogP contribution >= 0.6 is 0 Å². The number of carbonyl (C=O) groups is 1. The first-order chi connectivity index (χ1) is 9.93. The molecule has 2 unspecified atom stereocenters. The fraction of sp³-hybridized carbons (Fsp3) is 0.467. The van der Waals surface area contributed by atoms with Gasteiger partial charge in [-0.2, -0.15) is 5.26 Å². The molecule has 2 atom stereocenters. The average Bonchev–Trinajstić information content (AvgIpc) is 2.44. The zero-order valence-electron chi connectivity index (χ0n) is 11.9. The van der Waals surface area contributed by atoms with Gasteiger partial charge in [-0.05, 0) is 18.9 Å². The molecule has 0 radical (unpaired) electrons. The fourth-order valence-electron chi connectivity index (χ4n) is 2.56. The van der Waals surface area contributed by atoms with E-state index in [9.17, 15) is 18.5 Å². The molecule has 0 bridgehead atoms. The molecule has 1 aromatic rings. The summed E-state index contributed by atoms with van der Waals surface area (Å²) < 4.78 is 23.1. The summed E-state index contributed by atoms with van der Waals surface area (Å²) in [5.74, 6) is -1.09. The van der Waals surface area contributed by atoms with Gasteiger partial charge < -0.3 is 4.90 Å². The lowest BCUT2D eigenvalue weighted by Gasteiger charge is -2.34. The van der Waals surface area contributed by atoms with E-state index in [1.54, 1.807) is 6.92 Å². The average molecular weight is 306 g/mol. The van der Waals surface area contributed by atoms with E-state index in [1.165, 1.54) is 4.90 Å². The molecule has 0 saturated carbocycles. The molecule has 5 nitrogen and oxygen atoms in total. The van der Waals surface area contributed by atoms with E-state index in [0.717, 1.165) is 5.56 Å². The summed E-state index contributed by atoms with van der Waals surface area (Å²) in [5.41, 5.74) is 0.926. The second-order valence-corrected chi connectivity index (χ2v) is 7.60. The Morgan fingerprint density at radius 1 is 1.43 bits per heavy atom.